The Morgan fingerprint density at radius 1 is 1.26 bits per heavy atom. The number of hydrogen-bond acceptors (Lipinski definition) is 5. The number of carbonyl (C=O) groups excluding carboxylic acids is 1. The van der Waals surface area contributed by atoms with Crippen molar-refractivity contribution < 1.29 is 9.32 Å². The molecule has 5 nitrogen and oxygen atoms in total. The molecule has 140 valence electrons. The van der Waals surface area contributed by atoms with Gasteiger partial charge in [-0.15, -0.1) is 11.8 Å². The molecule has 1 atom stereocenters. The molecule has 1 unspecified atom stereocenters. The van der Waals surface area contributed by atoms with Crippen molar-refractivity contribution in [3.63, 3.8) is 0 Å². The Hall–Kier alpha value is -2.31. The van der Waals surface area contributed by atoms with E-state index in [0.717, 1.165) is 16.7 Å². The van der Waals surface area contributed by atoms with E-state index < -0.39 is 0 Å². The van der Waals surface area contributed by atoms with Gasteiger partial charge in [-0.2, -0.15) is 4.98 Å². The first-order chi connectivity index (χ1) is 13.0. The molecule has 1 heterocycles. The minimum absolute atomic E-state index is 0.0228. The molecule has 1 aromatic heterocycles. The van der Waals surface area contributed by atoms with Gasteiger partial charge < -0.3 is 9.84 Å². The maximum Gasteiger partial charge on any atom is 0.236 e. The summed E-state index contributed by atoms with van der Waals surface area (Å²) in [5, 5.41) is 7.60. The summed E-state index contributed by atoms with van der Waals surface area (Å²) in [6.07, 6.45) is 0. The number of carbonyl (C=O) groups is 1. The van der Waals surface area contributed by atoms with E-state index in [1.54, 1.807) is 12.1 Å². The van der Waals surface area contributed by atoms with E-state index in [1.807, 2.05) is 50.2 Å². The second kappa shape index (κ2) is 9.06. The molecule has 0 fully saturated rings. The van der Waals surface area contributed by atoms with Crippen LogP contribution in [0.25, 0.3) is 11.4 Å². The molecule has 0 saturated heterocycles. The standard InChI is InChI=1S/C20H20ClN3O2S/c1-13-6-3-4-9-17(13)14(2)22-18(25)11-27-12-19-23-20(24-26-19)15-7-5-8-16(21)10-15/h3-10,14H,11-12H2,1-2H3,(H,22,25). The Morgan fingerprint density at radius 3 is 2.85 bits per heavy atom. The highest BCUT2D eigenvalue weighted by Crippen LogP contribution is 2.21. The van der Waals surface area contributed by atoms with Crippen LogP contribution in [-0.4, -0.2) is 21.8 Å². The largest absolute Gasteiger partial charge is 0.349 e. The van der Waals surface area contributed by atoms with Crippen molar-refractivity contribution in [1.82, 2.24) is 15.5 Å². The smallest absolute Gasteiger partial charge is 0.236 e. The number of nitrogens with one attached hydrogen (secondary N) is 1. The number of aromatic nitrogens is 2. The molecule has 3 rings (SSSR count). The SMILES string of the molecule is Cc1ccccc1C(C)NC(=O)CSCc1nc(-c2cccc(Cl)c2)no1. The molecule has 3 aromatic rings. The van der Waals surface area contributed by atoms with Gasteiger partial charge in [-0.3, -0.25) is 4.79 Å². The number of benzene rings is 2. The van der Waals surface area contributed by atoms with Crippen LogP contribution in [0.3, 0.4) is 0 Å². The van der Waals surface area contributed by atoms with Gasteiger partial charge in [-0.25, -0.2) is 0 Å². The summed E-state index contributed by atoms with van der Waals surface area (Å²) >= 11 is 7.41. The van der Waals surface area contributed by atoms with Gasteiger partial charge in [0, 0.05) is 10.6 Å². The zero-order valence-corrected chi connectivity index (χ0v) is 16.7. The highest BCUT2D eigenvalue weighted by molar-refractivity contribution is 7.99. The summed E-state index contributed by atoms with van der Waals surface area (Å²) in [4.78, 5) is 16.5. The van der Waals surface area contributed by atoms with Crippen LogP contribution in [0.1, 0.15) is 30.0 Å². The number of aryl methyl sites for hydroxylation is 1. The van der Waals surface area contributed by atoms with Crippen molar-refractivity contribution in [2.24, 2.45) is 0 Å². The third-order valence-electron chi connectivity index (χ3n) is 4.04. The van der Waals surface area contributed by atoms with Crippen molar-refractivity contribution >= 4 is 29.3 Å². The second-order valence-electron chi connectivity index (χ2n) is 6.16. The van der Waals surface area contributed by atoms with Gasteiger partial charge in [-0.05, 0) is 37.1 Å². The van der Waals surface area contributed by atoms with Crippen LogP contribution in [-0.2, 0) is 10.5 Å². The number of thioether (sulfide) groups is 1. The molecular formula is C20H20ClN3O2S. The van der Waals surface area contributed by atoms with Crippen LogP contribution in [0.2, 0.25) is 5.02 Å². The van der Waals surface area contributed by atoms with Crippen LogP contribution in [0.15, 0.2) is 53.1 Å². The van der Waals surface area contributed by atoms with Crippen LogP contribution in [0, 0.1) is 6.92 Å². The lowest BCUT2D eigenvalue weighted by Crippen LogP contribution is -2.28. The van der Waals surface area contributed by atoms with Crippen molar-refractivity contribution in [3.05, 3.63) is 70.6 Å². The zero-order valence-electron chi connectivity index (χ0n) is 15.1. The highest BCUT2D eigenvalue weighted by Gasteiger charge is 2.13. The Labute approximate surface area is 167 Å². The van der Waals surface area contributed by atoms with Gasteiger partial charge in [0.05, 0.1) is 17.5 Å². The summed E-state index contributed by atoms with van der Waals surface area (Å²) in [5.74, 6) is 1.75. The van der Waals surface area contributed by atoms with Crippen molar-refractivity contribution in [2.45, 2.75) is 25.6 Å². The molecule has 0 radical (unpaired) electrons. The third kappa shape index (κ3) is 5.34. The average Bonchev–Trinajstić information content (AvgIpc) is 3.11. The van der Waals surface area contributed by atoms with E-state index >= 15 is 0 Å². The molecule has 7 heteroatoms. The van der Waals surface area contributed by atoms with Gasteiger partial charge in [0.2, 0.25) is 17.6 Å². The molecule has 27 heavy (non-hydrogen) atoms. The molecule has 0 bridgehead atoms. The molecule has 2 aromatic carbocycles. The minimum Gasteiger partial charge on any atom is -0.349 e. The van der Waals surface area contributed by atoms with E-state index in [9.17, 15) is 4.79 Å². The van der Waals surface area contributed by atoms with Gasteiger partial charge in [0.1, 0.15) is 0 Å². The Morgan fingerprint density at radius 2 is 2.07 bits per heavy atom. The number of halogens is 1. The summed E-state index contributed by atoms with van der Waals surface area (Å²) in [5.41, 5.74) is 3.09. The molecule has 0 saturated carbocycles. The van der Waals surface area contributed by atoms with Gasteiger partial charge in [0.15, 0.2) is 0 Å². The van der Waals surface area contributed by atoms with Crippen LogP contribution >= 0.6 is 23.4 Å². The van der Waals surface area contributed by atoms with Crippen LogP contribution in [0.4, 0.5) is 0 Å². The van der Waals surface area contributed by atoms with Crippen molar-refractivity contribution in [2.75, 3.05) is 5.75 Å². The minimum atomic E-state index is -0.0304. The number of amides is 1. The van der Waals surface area contributed by atoms with Crippen LogP contribution in [0.5, 0.6) is 0 Å². The normalized spacial score (nSPS) is 12.0. The quantitative estimate of drug-likeness (QED) is 0.615. The predicted molar refractivity (Wildman–Crippen MR) is 109 cm³/mol. The topological polar surface area (TPSA) is 68.0 Å². The van der Waals surface area contributed by atoms with E-state index in [0.29, 0.717) is 28.2 Å². The molecular weight excluding hydrogens is 382 g/mol. The third-order valence-corrected chi connectivity index (χ3v) is 5.19. The van der Waals surface area contributed by atoms with Gasteiger partial charge in [0.25, 0.3) is 0 Å². The fourth-order valence-corrected chi connectivity index (χ4v) is 3.58. The molecule has 0 aliphatic rings. The Balaban J connectivity index is 1.48. The Kier molecular flexibility index (Phi) is 6.53. The van der Waals surface area contributed by atoms with Crippen molar-refractivity contribution in [3.8, 4) is 11.4 Å². The molecule has 0 aliphatic carbocycles. The predicted octanol–water partition coefficient (Wildman–Crippen LogP) is 4.81. The first kappa shape index (κ1) is 19.5. The maximum atomic E-state index is 12.2. The van der Waals surface area contributed by atoms with Gasteiger partial charge >= 0.3 is 0 Å². The fraction of sp³-hybridized carbons (Fsp3) is 0.250. The molecule has 1 amide bonds. The average molecular weight is 402 g/mol. The maximum absolute atomic E-state index is 12.2. The van der Waals surface area contributed by atoms with Crippen molar-refractivity contribution in [1.29, 1.82) is 0 Å². The fourth-order valence-electron chi connectivity index (χ4n) is 2.72. The second-order valence-corrected chi connectivity index (χ2v) is 7.58. The van der Waals surface area contributed by atoms with E-state index in [1.165, 1.54) is 11.8 Å². The molecule has 0 aliphatic heterocycles. The van der Waals surface area contributed by atoms with E-state index in [4.69, 9.17) is 16.1 Å². The lowest BCUT2D eigenvalue weighted by molar-refractivity contribution is -0.119. The highest BCUT2D eigenvalue weighted by atomic mass is 35.5. The summed E-state index contributed by atoms with van der Waals surface area (Å²) in [6.45, 7) is 4.03. The number of hydrogen-bond donors (Lipinski definition) is 1. The summed E-state index contributed by atoms with van der Waals surface area (Å²) in [6, 6.07) is 15.3. The lowest BCUT2D eigenvalue weighted by Gasteiger charge is -2.16. The molecule has 1 N–H and O–H groups in total. The van der Waals surface area contributed by atoms with Gasteiger partial charge in [-0.1, -0.05) is 53.2 Å². The van der Waals surface area contributed by atoms with E-state index in [2.05, 4.69) is 15.5 Å². The monoisotopic (exact) mass is 401 g/mol. The number of rotatable bonds is 7. The lowest BCUT2D eigenvalue weighted by atomic mass is 10.0. The Bertz CT molecular complexity index is 929. The zero-order chi connectivity index (χ0) is 19.2. The van der Waals surface area contributed by atoms with E-state index in [-0.39, 0.29) is 11.9 Å². The van der Waals surface area contributed by atoms with Crippen LogP contribution < -0.4 is 5.32 Å². The summed E-state index contributed by atoms with van der Waals surface area (Å²) < 4.78 is 5.25. The number of nitrogens with zero attached hydrogens (tertiary/aromatic N) is 2. The first-order valence-electron chi connectivity index (χ1n) is 8.54. The summed E-state index contributed by atoms with van der Waals surface area (Å²) in [7, 11) is 0. The molecule has 0 spiro atoms. The first-order valence-corrected chi connectivity index (χ1v) is 10.1.